The summed E-state index contributed by atoms with van der Waals surface area (Å²) >= 11 is 0. The van der Waals surface area contributed by atoms with Gasteiger partial charge in [-0.05, 0) is 60.7 Å². The first kappa shape index (κ1) is 20.9. The molecule has 156 valence electrons. The van der Waals surface area contributed by atoms with E-state index in [9.17, 15) is 4.57 Å². The molecule has 4 nitrogen and oxygen atoms in total. The van der Waals surface area contributed by atoms with E-state index in [1.54, 1.807) is 7.11 Å². The Morgan fingerprint density at radius 1 is 0.933 bits per heavy atom. The van der Waals surface area contributed by atoms with Crippen molar-refractivity contribution in [1.29, 1.82) is 0 Å². The Morgan fingerprint density at radius 3 is 2.43 bits per heavy atom. The summed E-state index contributed by atoms with van der Waals surface area (Å²) in [6, 6.07) is 18.2. The Balaban J connectivity index is 2.04. The molecular weight excluding hydrogens is 395 g/mol. The molecule has 3 aromatic carbocycles. The van der Waals surface area contributed by atoms with Crippen LogP contribution in [0.4, 0.5) is 0 Å². The first-order valence-electron chi connectivity index (χ1n) is 10.4. The molecule has 5 heteroatoms. The number of fused-ring (bicyclic) bond motifs is 2. The van der Waals surface area contributed by atoms with Gasteiger partial charge in [0, 0.05) is 11.1 Å². The lowest BCUT2D eigenvalue weighted by molar-refractivity contribution is 0.230. The minimum Gasteiger partial charge on any atom is -0.496 e. The van der Waals surface area contributed by atoms with E-state index in [0.717, 1.165) is 46.1 Å². The summed E-state index contributed by atoms with van der Waals surface area (Å²) in [4.78, 5) is 0. The monoisotopic (exact) mass is 422 g/mol. The first-order chi connectivity index (χ1) is 14.6. The number of benzene rings is 3. The van der Waals surface area contributed by atoms with E-state index in [2.05, 4.69) is 24.3 Å². The second-order valence-corrected chi connectivity index (χ2v) is 9.15. The zero-order valence-corrected chi connectivity index (χ0v) is 18.6. The van der Waals surface area contributed by atoms with Gasteiger partial charge in [0.2, 0.25) is 0 Å². The second kappa shape index (κ2) is 8.77. The lowest BCUT2D eigenvalue weighted by Gasteiger charge is -2.26. The summed E-state index contributed by atoms with van der Waals surface area (Å²) in [6.07, 6.45) is 4.03. The third-order valence-electron chi connectivity index (χ3n) is 5.46. The van der Waals surface area contributed by atoms with Crippen molar-refractivity contribution in [3.05, 3.63) is 77.4 Å². The van der Waals surface area contributed by atoms with Crippen molar-refractivity contribution < 1.29 is 18.3 Å². The molecule has 30 heavy (non-hydrogen) atoms. The number of rotatable bonds is 7. The van der Waals surface area contributed by atoms with Crippen LogP contribution in [0.15, 0.2) is 60.7 Å². The standard InChI is InChI=1S/C25H27O4P/c1-4-28-30(26,29-5-2)24-17-16-18-10-6-7-11-19(18)25(24)22-14-8-13-21-20(22)12-9-15-23(21)27-3/h6-7,9-12,14-17H,4-5,8,13H2,1-3H3. The number of hydrogen-bond donors (Lipinski definition) is 0. The van der Waals surface area contributed by atoms with Crippen LogP contribution in [0.2, 0.25) is 0 Å². The molecule has 4 rings (SSSR count). The molecule has 1 aliphatic carbocycles. The summed E-state index contributed by atoms with van der Waals surface area (Å²) in [6.45, 7) is 4.30. The smallest absolute Gasteiger partial charge is 0.361 e. The first-order valence-corrected chi connectivity index (χ1v) is 12.0. The maximum Gasteiger partial charge on any atom is 0.361 e. The van der Waals surface area contributed by atoms with Crippen molar-refractivity contribution in [3.63, 3.8) is 0 Å². The molecule has 0 radical (unpaired) electrons. The SMILES string of the molecule is CCOP(=O)(OCC)c1ccc2ccccc2c1C1=CCCc2c(OC)cccc21. The molecule has 0 saturated heterocycles. The van der Waals surface area contributed by atoms with Gasteiger partial charge >= 0.3 is 7.60 Å². The summed E-state index contributed by atoms with van der Waals surface area (Å²) < 4.78 is 31.0. The van der Waals surface area contributed by atoms with E-state index in [1.165, 1.54) is 5.56 Å². The highest BCUT2D eigenvalue weighted by atomic mass is 31.2. The lowest BCUT2D eigenvalue weighted by Crippen LogP contribution is -2.17. The van der Waals surface area contributed by atoms with Crippen LogP contribution in [0.3, 0.4) is 0 Å². The van der Waals surface area contributed by atoms with Crippen molar-refractivity contribution in [2.75, 3.05) is 20.3 Å². The van der Waals surface area contributed by atoms with Gasteiger partial charge in [0.15, 0.2) is 0 Å². The van der Waals surface area contributed by atoms with Crippen molar-refractivity contribution in [2.45, 2.75) is 26.7 Å². The summed E-state index contributed by atoms with van der Waals surface area (Å²) in [5, 5.41) is 2.75. The minimum absolute atomic E-state index is 0.313. The van der Waals surface area contributed by atoms with E-state index in [1.807, 2.05) is 50.2 Å². The predicted molar refractivity (Wildman–Crippen MR) is 123 cm³/mol. The maximum atomic E-state index is 13.9. The van der Waals surface area contributed by atoms with Crippen molar-refractivity contribution >= 4 is 29.2 Å². The van der Waals surface area contributed by atoms with Gasteiger partial charge in [-0.25, -0.2) is 0 Å². The van der Waals surface area contributed by atoms with Crippen LogP contribution in [0.1, 0.15) is 37.0 Å². The fraction of sp³-hybridized carbons (Fsp3) is 0.280. The molecular formula is C25H27O4P. The normalized spacial score (nSPS) is 13.8. The van der Waals surface area contributed by atoms with Gasteiger partial charge in [0.25, 0.3) is 0 Å². The maximum absolute atomic E-state index is 13.9. The number of methoxy groups -OCH3 is 1. The van der Waals surface area contributed by atoms with Gasteiger partial charge in [0.05, 0.1) is 25.6 Å². The van der Waals surface area contributed by atoms with Crippen molar-refractivity contribution in [2.24, 2.45) is 0 Å². The van der Waals surface area contributed by atoms with E-state index in [4.69, 9.17) is 13.8 Å². The zero-order valence-electron chi connectivity index (χ0n) is 17.7. The van der Waals surface area contributed by atoms with E-state index in [-0.39, 0.29) is 0 Å². The van der Waals surface area contributed by atoms with Crippen LogP contribution >= 0.6 is 7.60 Å². The lowest BCUT2D eigenvalue weighted by atomic mass is 9.84. The summed E-state index contributed by atoms with van der Waals surface area (Å²) in [5.41, 5.74) is 4.27. The minimum atomic E-state index is -3.48. The predicted octanol–water partition coefficient (Wildman–Crippen LogP) is 6.12. The Morgan fingerprint density at radius 2 is 1.70 bits per heavy atom. The Labute approximate surface area is 178 Å². The highest BCUT2D eigenvalue weighted by molar-refractivity contribution is 7.62. The topological polar surface area (TPSA) is 44.8 Å². The third kappa shape index (κ3) is 3.60. The van der Waals surface area contributed by atoms with Gasteiger partial charge in [-0.1, -0.05) is 48.5 Å². The molecule has 0 N–H and O–H groups in total. The highest BCUT2D eigenvalue weighted by Gasteiger charge is 2.33. The largest absolute Gasteiger partial charge is 0.496 e. The van der Waals surface area contributed by atoms with Gasteiger partial charge in [-0.15, -0.1) is 0 Å². The van der Waals surface area contributed by atoms with Crippen LogP contribution in [0.5, 0.6) is 5.75 Å². The molecule has 0 aromatic heterocycles. The van der Waals surface area contributed by atoms with Crippen molar-refractivity contribution in [1.82, 2.24) is 0 Å². The summed E-state index contributed by atoms with van der Waals surface area (Å²) in [5.74, 6) is 0.887. The molecule has 3 aromatic rings. The number of hydrogen-bond acceptors (Lipinski definition) is 4. The van der Waals surface area contributed by atoms with Crippen LogP contribution in [0, 0.1) is 0 Å². The van der Waals surface area contributed by atoms with E-state index < -0.39 is 7.60 Å². The molecule has 0 amide bonds. The third-order valence-corrected chi connectivity index (χ3v) is 7.61. The molecule has 1 aliphatic rings. The van der Waals surface area contributed by atoms with Crippen LogP contribution in [-0.4, -0.2) is 20.3 Å². The second-order valence-electron chi connectivity index (χ2n) is 7.16. The molecule has 0 heterocycles. The molecule has 0 aliphatic heterocycles. The molecule has 0 saturated carbocycles. The van der Waals surface area contributed by atoms with Gasteiger partial charge in [-0.2, -0.15) is 0 Å². The summed E-state index contributed by atoms with van der Waals surface area (Å²) in [7, 11) is -1.78. The van der Waals surface area contributed by atoms with Gasteiger partial charge in [0.1, 0.15) is 5.75 Å². The van der Waals surface area contributed by atoms with Crippen LogP contribution in [-0.2, 0) is 20.0 Å². The quantitative estimate of drug-likeness (QED) is 0.431. The van der Waals surface area contributed by atoms with Gasteiger partial charge < -0.3 is 13.8 Å². The molecule has 0 fully saturated rings. The van der Waals surface area contributed by atoms with Gasteiger partial charge in [-0.3, -0.25) is 4.57 Å². The zero-order chi connectivity index (χ0) is 21.1. The Hall–Kier alpha value is -2.39. The van der Waals surface area contributed by atoms with Crippen LogP contribution < -0.4 is 10.0 Å². The number of ether oxygens (including phenoxy) is 1. The molecule has 0 atom stereocenters. The average Bonchev–Trinajstić information content (AvgIpc) is 2.78. The van der Waals surface area contributed by atoms with E-state index >= 15 is 0 Å². The highest BCUT2D eigenvalue weighted by Crippen LogP contribution is 2.51. The molecule has 0 unspecified atom stereocenters. The fourth-order valence-electron chi connectivity index (χ4n) is 4.26. The Kier molecular flexibility index (Phi) is 6.10. The van der Waals surface area contributed by atoms with Crippen LogP contribution in [0.25, 0.3) is 16.3 Å². The number of allylic oxidation sites excluding steroid dienone is 1. The fourth-order valence-corrected chi connectivity index (χ4v) is 6.07. The molecule has 0 bridgehead atoms. The average molecular weight is 422 g/mol. The van der Waals surface area contributed by atoms with E-state index in [0.29, 0.717) is 18.5 Å². The molecule has 0 spiro atoms. The Bertz CT molecular complexity index is 1140. The van der Waals surface area contributed by atoms with Crippen molar-refractivity contribution in [3.8, 4) is 5.75 Å².